The summed E-state index contributed by atoms with van der Waals surface area (Å²) in [5.41, 5.74) is 11.9. The highest BCUT2D eigenvalue weighted by Gasteiger charge is 2.15. The zero-order valence-corrected chi connectivity index (χ0v) is 18.6. The Hall–Kier alpha value is -2.40. The van der Waals surface area contributed by atoms with Crippen LogP contribution in [0.5, 0.6) is 0 Å². The molecule has 0 aromatic carbocycles. The quantitative estimate of drug-likeness (QED) is 0.358. The second-order valence-corrected chi connectivity index (χ2v) is 8.30. The van der Waals surface area contributed by atoms with Gasteiger partial charge in [0.25, 0.3) is 0 Å². The third kappa shape index (κ3) is 7.63. The lowest BCUT2D eigenvalue weighted by atomic mass is 10.1. The molecule has 1 saturated heterocycles. The van der Waals surface area contributed by atoms with E-state index in [4.69, 9.17) is 11.5 Å². The molecule has 2 aromatic rings. The van der Waals surface area contributed by atoms with E-state index in [1.54, 1.807) is 12.3 Å². The van der Waals surface area contributed by atoms with Gasteiger partial charge in [-0.3, -0.25) is 4.57 Å². The summed E-state index contributed by atoms with van der Waals surface area (Å²) < 4.78 is 15.8. The molecule has 2 aromatic heterocycles. The van der Waals surface area contributed by atoms with E-state index in [9.17, 15) is 9.18 Å². The number of hydrogen-bond acceptors (Lipinski definition) is 8. The van der Waals surface area contributed by atoms with Crippen molar-refractivity contribution in [3.05, 3.63) is 46.4 Å². The Labute approximate surface area is 188 Å². The second-order valence-electron chi connectivity index (χ2n) is 8.30. The molecule has 0 radical (unpaired) electrons. The minimum atomic E-state index is -0.580. The van der Waals surface area contributed by atoms with E-state index in [1.807, 2.05) is 6.07 Å². The van der Waals surface area contributed by atoms with E-state index in [2.05, 4.69) is 25.5 Å². The van der Waals surface area contributed by atoms with Crippen LogP contribution in [0.15, 0.2) is 29.3 Å². The average molecular weight is 447 g/mol. The Morgan fingerprint density at radius 1 is 1.16 bits per heavy atom. The lowest BCUT2D eigenvalue weighted by Crippen LogP contribution is -2.40. The fourth-order valence-corrected chi connectivity index (χ4v) is 3.69. The number of pyridine rings is 1. The molecule has 6 N–H and O–H groups in total. The predicted octanol–water partition coefficient (Wildman–Crippen LogP) is 1.16. The van der Waals surface area contributed by atoms with Crippen LogP contribution in [0.1, 0.15) is 37.7 Å². The molecule has 9 nitrogen and oxygen atoms in total. The Morgan fingerprint density at radius 2 is 1.94 bits per heavy atom. The number of aromatic nitrogens is 3. The topological polar surface area (TPSA) is 127 Å². The van der Waals surface area contributed by atoms with E-state index in [1.165, 1.54) is 10.8 Å². The standard InChI is InChI=1S/C22H35FN8O/c23-19-16-31(11-2-1-10-30-12-6-18(25)7-13-30)22(32)29-21(19)28-20-5-4-17(15-27-20)14-26-9-3-8-24/h4-5,15-16,18,26H,1-3,6-14,24-25H2,(H,27,28,29,32). The number of nitrogens with zero attached hydrogens (tertiary/aromatic N) is 4. The van der Waals surface area contributed by atoms with E-state index < -0.39 is 11.5 Å². The molecule has 10 heteroatoms. The number of unbranched alkanes of at least 4 members (excludes halogenated alkanes) is 1. The van der Waals surface area contributed by atoms with Crippen LogP contribution in [0.2, 0.25) is 0 Å². The van der Waals surface area contributed by atoms with Crippen LogP contribution >= 0.6 is 0 Å². The smallest absolute Gasteiger partial charge is 0.330 e. The third-order valence-electron chi connectivity index (χ3n) is 5.66. The van der Waals surface area contributed by atoms with Crippen LogP contribution in [0.3, 0.4) is 0 Å². The highest BCUT2D eigenvalue weighted by Crippen LogP contribution is 2.15. The van der Waals surface area contributed by atoms with E-state index in [0.29, 0.717) is 31.5 Å². The van der Waals surface area contributed by atoms with Gasteiger partial charge in [-0.15, -0.1) is 0 Å². The van der Waals surface area contributed by atoms with Crippen LogP contribution < -0.4 is 27.8 Å². The first-order valence-electron chi connectivity index (χ1n) is 11.4. The molecule has 0 amide bonds. The molecular formula is C22H35FN8O. The number of nitrogens with two attached hydrogens (primary N) is 2. The lowest BCUT2D eigenvalue weighted by molar-refractivity contribution is 0.208. The van der Waals surface area contributed by atoms with Gasteiger partial charge in [-0.2, -0.15) is 4.98 Å². The van der Waals surface area contributed by atoms with Gasteiger partial charge in [0.05, 0.1) is 0 Å². The average Bonchev–Trinajstić information content (AvgIpc) is 2.79. The highest BCUT2D eigenvalue weighted by atomic mass is 19.1. The number of anilines is 2. The van der Waals surface area contributed by atoms with Crippen LogP contribution in [-0.2, 0) is 13.1 Å². The molecule has 1 aliphatic rings. The number of hydrogen-bond donors (Lipinski definition) is 4. The van der Waals surface area contributed by atoms with Gasteiger partial charge >= 0.3 is 5.69 Å². The number of rotatable bonds is 12. The fraction of sp³-hybridized carbons (Fsp3) is 0.591. The van der Waals surface area contributed by atoms with Crippen molar-refractivity contribution in [3.8, 4) is 0 Å². The van der Waals surface area contributed by atoms with Crippen molar-refractivity contribution in [2.45, 2.75) is 51.2 Å². The number of aryl methyl sites for hydroxylation is 1. The minimum absolute atomic E-state index is 0.114. The Bertz CT molecular complexity index is 880. The van der Waals surface area contributed by atoms with Crippen molar-refractivity contribution >= 4 is 11.6 Å². The molecule has 1 aliphatic heterocycles. The van der Waals surface area contributed by atoms with Gasteiger partial charge in [-0.05, 0) is 76.5 Å². The molecule has 0 atom stereocenters. The SMILES string of the molecule is NCCCNCc1ccc(Nc2nc(=O)n(CCCCN3CCC(N)CC3)cc2F)nc1. The van der Waals surface area contributed by atoms with Crippen molar-refractivity contribution in [1.29, 1.82) is 0 Å². The lowest BCUT2D eigenvalue weighted by Gasteiger charge is -2.29. The van der Waals surface area contributed by atoms with E-state index >= 15 is 0 Å². The zero-order valence-electron chi connectivity index (χ0n) is 18.6. The van der Waals surface area contributed by atoms with Gasteiger partial charge < -0.3 is 27.0 Å². The van der Waals surface area contributed by atoms with Gasteiger partial charge in [0.15, 0.2) is 11.6 Å². The fourth-order valence-electron chi connectivity index (χ4n) is 3.69. The molecule has 1 fully saturated rings. The minimum Gasteiger partial charge on any atom is -0.330 e. The molecule has 3 rings (SSSR count). The summed E-state index contributed by atoms with van der Waals surface area (Å²) in [4.78, 5) is 22.9. The molecule has 32 heavy (non-hydrogen) atoms. The molecule has 0 unspecified atom stereocenters. The van der Waals surface area contributed by atoms with Gasteiger partial charge in [0.1, 0.15) is 5.82 Å². The van der Waals surface area contributed by atoms with Gasteiger partial charge in [-0.25, -0.2) is 14.2 Å². The summed E-state index contributed by atoms with van der Waals surface area (Å²) in [6.07, 6.45) is 7.63. The third-order valence-corrected chi connectivity index (χ3v) is 5.66. The van der Waals surface area contributed by atoms with Crippen LogP contribution in [-0.4, -0.2) is 58.2 Å². The van der Waals surface area contributed by atoms with Crippen molar-refractivity contribution in [3.63, 3.8) is 0 Å². The molecule has 3 heterocycles. The number of likely N-dealkylation sites (tertiary alicyclic amines) is 1. The maximum atomic E-state index is 14.5. The summed E-state index contributed by atoms with van der Waals surface area (Å²) >= 11 is 0. The highest BCUT2D eigenvalue weighted by molar-refractivity contribution is 5.51. The monoisotopic (exact) mass is 446 g/mol. The van der Waals surface area contributed by atoms with Gasteiger partial charge in [0.2, 0.25) is 0 Å². The summed E-state index contributed by atoms with van der Waals surface area (Å²) in [5, 5.41) is 6.06. The van der Waals surface area contributed by atoms with Gasteiger partial charge in [-0.1, -0.05) is 6.07 Å². The van der Waals surface area contributed by atoms with Crippen molar-refractivity contribution in [2.24, 2.45) is 11.5 Å². The Balaban J connectivity index is 1.47. The zero-order chi connectivity index (χ0) is 22.8. The second kappa shape index (κ2) is 12.6. The summed E-state index contributed by atoms with van der Waals surface area (Å²) in [7, 11) is 0. The molecule has 176 valence electrons. The number of halogens is 1. The summed E-state index contributed by atoms with van der Waals surface area (Å²) in [5.74, 6) is -0.262. The largest absolute Gasteiger partial charge is 0.349 e. The van der Waals surface area contributed by atoms with Crippen LogP contribution in [0.25, 0.3) is 0 Å². The van der Waals surface area contributed by atoms with E-state index in [0.717, 1.165) is 63.8 Å². The maximum absolute atomic E-state index is 14.5. The molecule has 0 aliphatic carbocycles. The molecule has 0 bridgehead atoms. The molecular weight excluding hydrogens is 411 g/mol. The van der Waals surface area contributed by atoms with Crippen molar-refractivity contribution in [2.75, 3.05) is 38.0 Å². The molecule has 0 spiro atoms. The summed E-state index contributed by atoms with van der Waals surface area (Å²) in [6.45, 7) is 5.65. The van der Waals surface area contributed by atoms with E-state index in [-0.39, 0.29) is 5.82 Å². The van der Waals surface area contributed by atoms with Gasteiger partial charge in [0, 0.05) is 31.5 Å². The van der Waals surface area contributed by atoms with Crippen molar-refractivity contribution < 1.29 is 4.39 Å². The Kier molecular flexibility index (Phi) is 9.54. The number of piperidine rings is 1. The Morgan fingerprint density at radius 3 is 2.66 bits per heavy atom. The summed E-state index contributed by atoms with van der Waals surface area (Å²) in [6, 6.07) is 3.95. The number of nitrogens with one attached hydrogen (secondary N) is 2. The first kappa shape index (κ1) is 24.2. The maximum Gasteiger partial charge on any atom is 0.349 e. The molecule has 0 saturated carbocycles. The van der Waals surface area contributed by atoms with Crippen LogP contribution in [0.4, 0.5) is 16.0 Å². The normalized spacial score (nSPS) is 15.2. The predicted molar refractivity (Wildman–Crippen MR) is 124 cm³/mol. The van der Waals surface area contributed by atoms with Crippen molar-refractivity contribution in [1.82, 2.24) is 24.8 Å². The van der Waals surface area contributed by atoms with Crippen LogP contribution in [0, 0.1) is 5.82 Å². The first-order valence-corrected chi connectivity index (χ1v) is 11.4. The first-order chi connectivity index (χ1) is 15.5.